The van der Waals surface area contributed by atoms with Gasteiger partial charge in [0.1, 0.15) is 5.69 Å². The highest BCUT2D eigenvalue weighted by atomic mass is 16.7. The molecule has 1 saturated carbocycles. The number of rotatable bonds is 5. The molecule has 1 aliphatic rings. The minimum absolute atomic E-state index is 0.0667. The van der Waals surface area contributed by atoms with Crippen LogP contribution in [0, 0.1) is 0 Å². The fourth-order valence-corrected chi connectivity index (χ4v) is 1.90. The number of pyridine rings is 1. The zero-order chi connectivity index (χ0) is 14.7. The largest absolute Gasteiger partial charge is 0.465 e. The topological polar surface area (TPSA) is 91.8 Å². The van der Waals surface area contributed by atoms with E-state index in [2.05, 4.69) is 10.3 Å². The molecule has 0 aliphatic heterocycles. The van der Waals surface area contributed by atoms with Crippen molar-refractivity contribution in [1.29, 1.82) is 0 Å². The van der Waals surface area contributed by atoms with E-state index in [1.165, 1.54) is 14.2 Å². The molecule has 1 aromatic rings. The average Bonchev–Trinajstić information content (AvgIpc) is 3.27. The van der Waals surface area contributed by atoms with Crippen LogP contribution in [0.2, 0.25) is 0 Å². The van der Waals surface area contributed by atoms with Crippen LogP contribution in [0.5, 0.6) is 0 Å². The van der Waals surface area contributed by atoms with Gasteiger partial charge in [0.15, 0.2) is 0 Å². The molecule has 0 bridgehead atoms. The molecule has 7 heteroatoms. The first-order chi connectivity index (χ1) is 9.52. The van der Waals surface area contributed by atoms with Crippen LogP contribution >= 0.6 is 0 Å². The van der Waals surface area contributed by atoms with E-state index >= 15 is 0 Å². The summed E-state index contributed by atoms with van der Waals surface area (Å²) in [5.41, 5.74) is 1.74. The number of carbonyl (C=O) groups excluding carboxylic acids is 1. The summed E-state index contributed by atoms with van der Waals surface area (Å²) in [6, 6.07) is 3.59. The Morgan fingerprint density at radius 1 is 1.50 bits per heavy atom. The van der Waals surface area contributed by atoms with Crippen LogP contribution in [-0.4, -0.2) is 41.3 Å². The number of nitrogens with one attached hydrogen (secondary N) is 1. The van der Waals surface area contributed by atoms with Gasteiger partial charge in [0.2, 0.25) is 0 Å². The van der Waals surface area contributed by atoms with Crippen molar-refractivity contribution in [1.82, 2.24) is 15.4 Å². The molecule has 2 N–H and O–H groups in total. The Labute approximate surface area is 116 Å². The van der Waals surface area contributed by atoms with Crippen molar-refractivity contribution in [2.24, 2.45) is 0 Å². The molecule has 20 heavy (non-hydrogen) atoms. The van der Waals surface area contributed by atoms with E-state index in [0.29, 0.717) is 17.3 Å². The first-order valence-corrected chi connectivity index (χ1v) is 6.31. The van der Waals surface area contributed by atoms with Gasteiger partial charge < -0.3 is 10.4 Å². The number of amides is 2. The van der Waals surface area contributed by atoms with Crippen LogP contribution in [0.1, 0.15) is 40.5 Å². The minimum Gasteiger partial charge on any atom is -0.465 e. The van der Waals surface area contributed by atoms with Gasteiger partial charge in [-0.05, 0) is 30.4 Å². The summed E-state index contributed by atoms with van der Waals surface area (Å²) in [5.74, 6) is 0.0414. The summed E-state index contributed by atoms with van der Waals surface area (Å²) in [6.45, 7) is 0.0667. The molecule has 0 spiro atoms. The quantitative estimate of drug-likeness (QED) is 0.794. The number of hydroxylamine groups is 2. The average molecular weight is 279 g/mol. The summed E-state index contributed by atoms with van der Waals surface area (Å²) in [5, 5.41) is 11.9. The van der Waals surface area contributed by atoms with Crippen LogP contribution in [0.3, 0.4) is 0 Å². The highest BCUT2D eigenvalue weighted by molar-refractivity contribution is 5.93. The van der Waals surface area contributed by atoms with Crippen LogP contribution in [0.4, 0.5) is 4.79 Å². The van der Waals surface area contributed by atoms with E-state index in [-0.39, 0.29) is 12.5 Å². The van der Waals surface area contributed by atoms with Crippen molar-refractivity contribution in [2.75, 3.05) is 14.2 Å². The molecule has 1 aromatic heterocycles. The lowest BCUT2D eigenvalue weighted by Gasteiger charge is -2.16. The van der Waals surface area contributed by atoms with Gasteiger partial charge in [0.05, 0.1) is 19.3 Å². The summed E-state index contributed by atoms with van der Waals surface area (Å²) in [7, 11) is 2.92. The Kier molecular flexibility index (Phi) is 4.19. The first-order valence-electron chi connectivity index (χ1n) is 6.31. The van der Waals surface area contributed by atoms with E-state index < -0.39 is 6.09 Å². The van der Waals surface area contributed by atoms with E-state index in [1.54, 1.807) is 6.07 Å². The minimum atomic E-state index is -1.13. The third-order valence-corrected chi connectivity index (χ3v) is 3.18. The third-order valence-electron chi connectivity index (χ3n) is 3.18. The fraction of sp³-hybridized carbons (Fsp3) is 0.462. The monoisotopic (exact) mass is 279 g/mol. The lowest BCUT2D eigenvalue weighted by molar-refractivity contribution is -0.0761. The van der Waals surface area contributed by atoms with Gasteiger partial charge in [0.25, 0.3) is 5.91 Å². The Balaban J connectivity index is 2.27. The van der Waals surface area contributed by atoms with Crippen molar-refractivity contribution >= 4 is 12.0 Å². The number of hydrogen-bond acceptors (Lipinski definition) is 4. The zero-order valence-corrected chi connectivity index (χ0v) is 11.4. The summed E-state index contributed by atoms with van der Waals surface area (Å²) < 4.78 is 0. The highest BCUT2D eigenvalue weighted by Gasteiger charge is 2.30. The van der Waals surface area contributed by atoms with Crippen LogP contribution in [-0.2, 0) is 11.4 Å². The molecule has 108 valence electrons. The molecule has 1 aliphatic carbocycles. The molecule has 7 nitrogen and oxygen atoms in total. The number of carboxylic acid groups (broad SMARTS) is 1. The van der Waals surface area contributed by atoms with E-state index in [9.17, 15) is 9.59 Å². The number of aromatic nitrogens is 1. The van der Waals surface area contributed by atoms with Crippen LogP contribution < -0.4 is 5.32 Å². The lowest BCUT2D eigenvalue weighted by atomic mass is 10.1. The Bertz CT molecular complexity index is 528. The van der Waals surface area contributed by atoms with Gasteiger partial charge in [-0.1, -0.05) is 6.07 Å². The second-order valence-corrected chi connectivity index (χ2v) is 4.66. The first kappa shape index (κ1) is 14.3. The van der Waals surface area contributed by atoms with E-state index in [4.69, 9.17) is 9.94 Å². The van der Waals surface area contributed by atoms with Crippen molar-refractivity contribution in [2.45, 2.75) is 25.3 Å². The molecular weight excluding hydrogens is 262 g/mol. The number of carbonyl (C=O) groups is 2. The summed E-state index contributed by atoms with van der Waals surface area (Å²) >= 11 is 0. The predicted octanol–water partition coefficient (Wildman–Crippen LogP) is 1.36. The smallest absolute Gasteiger partial charge is 0.404 e. The van der Waals surface area contributed by atoms with Crippen molar-refractivity contribution in [3.63, 3.8) is 0 Å². The standard InChI is InChI=1S/C13H17N3O4/c1-16(20-2)12(17)11-10(8-3-4-8)6-5-9(15-11)7-14-13(18)19/h5-6,8,14H,3-4,7H2,1-2H3,(H,18,19). The van der Waals surface area contributed by atoms with Crippen LogP contribution in [0.25, 0.3) is 0 Å². The highest BCUT2D eigenvalue weighted by Crippen LogP contribution is 2.41. The van der Waals surface area contributed by atoms with Gasteiger partial charge in [0, 0.05) is 7.05 Å². The van der Waals surface area contributed by atoms with Gasteiger partial charge in [-0.3, -0.25) is 9.63 Å². The third kappa shape index (κ3) is 3.24. The molecule has 0 aromatic carbocycles. The zero-order valence-electron chi connectivity index (χ0n) is 11.4. The molecule has 0 radical (unpaired) electrons. The molecular formula is C13H17N3O4. The molecule has 0 unspecified atom stereocenters. The van der Waals surface area contributed by atoms with Gasteiger partial charge in [-0.2, -0.15) is 0 Å². The SMILES string of the molecule is CON(C)C(=O)c1nc(CNC(=O)O)ccc1C1CC1. The van der Waals surface area contributed by atoms with Crippen molar-refractivity contribution in [3.8, 4) is 0 Å². The maximum atomic E-state index is 12.2. The summed E-state index contributed by atoms with van der Waals surface area (Å²) in [4.78, 5) is 31.9. The Morgan fingerprint density at radius 3 is 2.75 bits per heavy atom. The van der Waals surface area contributed by atoms with Crippen LogP contribution in [0.15, 0.2) is 12.1 Å². The maximum Gasteiger partial charge on any atom is 0.404 e. The van der Waals surface area contributed by atoms with Gasteiger partial charge in [-0.25, -0.2) is 14.8 Å². The normalized spacial score (nSPS) is 13.9. The van der Waals surface area contributed by atoms with E-state index in [0.717, 1.165) is 23.5 Å². The second kappa shape index (κ2) is 5.87. The molecule has 0 atom stereocenters. The number of nitrogens with zero attached hydrogens (tertiary/aromatic N) is 2. The fourth-order valence-electron chi connectivity index (χ4n) is 1.90. The molecule has 0 saturated heterocycles. The Hall–Kier alpha value is -2.15. The van der Waals surface area contributed by atoms with Gasteiger partial charge >= 0.3 is 6.09 Å². The van der Waals surface area contributed by atoms with Crippen molar-refractivity contribution < 1.29 is 19.5 Å². The second-order valence-electron chi connectivity index (χ2n) is 4.66. The summed E-state index contributed by atoms with van der Waals surface area (Å²) in [6.07, 6.45) is 0.969. The Morgan fingerprint density at radius 2 is 2.20 bits per heavy atom. The van der Waals surface area contributed by atoms with E-state index in [1.807, 2.05) is 6.07 Å². The molecule has 2 amide bonds. The maximum absolute atomic E-state index is 12.2. The molecule has 1 heterocycles. The number of hydrogen-bond donors (Lipinski definition) is 2. The van der Waals surface area contributed by atoms with Gasteiger partial charge in [-0.15, -0.1) is 0 Å². The lowest BCUT2D eigenvalue weighted by Crippen LogP contribution is -2.28. The predicted molar refractivity (Wildman–Crippen MR) is 70.2 cm³/mol. The van der Waals surface area contributed by atoms with Crippen molar-refractivity contribution in [3.05, 3.63) is 29.1 Å². The molecule has 2 rings (SSSR count). The molecule has 1 fully saturated rings.